The van der Waals surface area contributed by atoms with Crippen LogP contribution in [0.15, 0.2) is 5.10 Å². The number of nitrogens with one attached hydrogen (secondary N) is 2. The topological polar surface area (TPSA) is 55.1 Å². The van der Waals surface area contributed by atoms with Crippen molar-refractivity contribution in [2.45, 2.75) is 26.3 Å². The fourth-order valence-electron chi connectivity index (χ4n) is 1.16. The standard InChI is InChI=1S/C6H14N4O/c1-6(2,3)10-5(11)7-8-9(10)4/h8H,1-4H3,(H,7,11). The minimum absolute atomic E-state index is 0.186. The van der Waals surface area contributed by atoms with Crippen LogP contribution in [-0.2, 0) is 0 Å². The molecule has 11 heavy (non-hydrogen) atoms. The van der Waals surface area contributed by atoms with Gasteiger partial charge in [-0.15, -0.1) is 15.8 Å². The minimum atomic E-state index is -0.213. The van der Waals surface area contributed by atoms with E-state index in [1.807, 2.05) is 27.8 Å². The van der Waals surface area contributed by atoms with E-state index in [2.05, 4.69) is 10.6 Å². The zero-order chi connectivity index (χ0) is 8.65. The molecule has 5 nitrogen and oxygen atoms in total. The van der Waals surface area contributed by atoms with Gasteiger partial charge in [0.05, 0.1) is 5.54 Å². The summed E-state index contributed by atoms with van der Waals surface area (Å²) < 4.78 is 0. The molecule has 0 aliphatic carbocycles. The number of hydrogen-bond donors (Lipinski definition) is 2. The first kappa shape index (κ1) is 8.13. The van der Waals surface area contributed by atoms with Gasteiger partial charge in [-0.05, 0) is 20.8 Å². The molecule has 1 aliphatic rings. The molecule has 0 radical (unpaired) electrons. The number of amidine groups is 1. The third kappa shape index (κ3) is 1.37. The van der Waals surface area contributed by atoms with E-state index < -0.39 is 0 Å². The second-order valence-corrected chi connectivity index (χ2v) is 3.60. The molecule has 0 saturated carbocycles. The third-order valence-electron chi connectivity index (χ3n) is 1.51. The summed E-state index contributed by atoms with van der Waals surface area (Å²) in [4.78, 5) is 0. The van der Waals surface area contributed by atoms with Crippen molar-refractivity contribution in [3.8, 4) is 0 Å². The first-order chi connectivity index (χ1) is 4.93. The summed E-state index contributed by atoms with van der Waals surface area (Å²) in [5.41, 5.74) is 2.46. The molecular weight excluding hydrogens is 144 g/mol. The molecule has 0 aromatic carbocycles. The van der Waals surface area contributed by atoms with Crippen LogP contribution in [0.3, 0.4) is 0 Å². The predicted molar refractivity (Wildman–Crippen MR) is 39.0 cm³/mol. The lowest BCUT2D eigenvalue weighted by molar-refractivity contribution is -1.03. The van der Waals surface area contributed by atoms with Crippen molar-refractivity contribution in [2.24, 2.45) is 5.10 Å². The van der Waals surface area contributed by atoms with Gasteiger partial charge in [0.2, 0.25) is 0 Å². The molecule has 1 aliphatic heterocycles. The van der Waals surface area contributed by atoms with Crippen molar-refractivity contribution in [3.05, 3.63) is 0 Å². The molecule has 0 amide bonds. The van der Waals surface area contributed by atoms with Gasteiger partial charge in [-0.1, -0.05) is 0 Å². The summed E-state index contributed by atoms with van der Waals surface area (Å²) in [5.74, 6) is 0. The van der Waals surface area contributed by atoms with Crippen molar-refractivity contribution in [3.63, 3.8) is 0 Å². The van der Waals surface area contributed by atoms with Crippen LogP contribution < -0.4 is 15.8 Å². The van der Waals surface area contributed by atoms with Gasteiger partial charge in [0, 0.05) is 0 Å². The molecular formula is C6H14N4O. The Labute approximate surface area is 66.2 Å². The lowest BCUT2D eigenvalue weighted by Gasteiger charge is -2.35. The lowest BCUT2D eigenvalue weighted by atomic mass is 10.1. The molecule has 2 N–H and O–H groups in total. The fraction of sp³-hybridized carbons (Fsp3) is 0.833. The average Bonchev–Trinajstić information content (AvgIpc) is 2.08. The van der Waals surface area contributed by atoms with E-state index in [0.717, 1.165) is 5.12 Å². The molecule has 1 rings (SSSR count). The van der Waals surface area contributed by atoms with Crippen LogP contribution in [0.25, 0.3) is 0 Å². The van der Waals surface area contributed by atoms with E-state index in [4.69, 9.17) is 0 Å². The Morgan fingerprint density at radius 2 is 2.09 bits per heavy atom. The van der Waals surface area contributed by atoms with Gasteiger partial charge in [-0.2, -0.15) is 5.01 Å². The summed E-state index contributed by atoms with van der Waals surface area (Å²) in [7, 11) is 1.83. The van der Waals surface area contributed by atoms with Crippen molar-refractivity contribution in [2.75, 3.05) is 7.05 Å². The first-order valence-electron chi connectivity index (χ1n) is 3.57. The molecule has 0 aromatic heterocycles. The Hall–Kier alpha value is -0.970. The Balaban J connectivity index is 2.78. The zero-order valence-electron chi connectivity index (χ0n) is 7.30. The smallest absolute Gasteiger partial charge is 0.137 e. The van der Waals surface area contributed by atoms with Crippen molar-refractivity contribution in [1.82, 2.24) is 10.5 Å². The molecule has 0 bridgehead atoms. The molecule has 0 spiro atoms. The number of hydrazone groups is 1. The van der Waals surface area contributed by atoms with Gasteiger partial charge >= 0.3 is 0 Å². The molecule has 1 heterocycles. The largest absolute Gasteiger partial charge is 0.841 e. The van der Waals surface area contributed by atoms with E-state index in [1.54, 1.807) is 5.01 Å². The summed E-state index contributed by atoms with van der Waals surface area (Å²) >= 11 is 0. The second-order valence-electron chi connectivity index (χ2n) is 3.60. The highest BCUT2D eigenvalue weighted by Crippen LogP contribution is 2.07. The lowest BCUT2D eigenvalue weighted by Crippen LogP contribution is -3.21. The normalized spacial score (nSPS) is 24.9. The van der Waals surface area contributed by atoms with E-state index >= 15 is 0 Å². The highest BCUT2D eigenvalue weighted by molar-refractivity contribution is 5.68. The Bertz CT molecular complexity index is 184. The summed E-state index contributed by atoms with van der Waals surface area (Å²) in [6.45, 7) is 5.91. The SMILES string of the molecule is C[NH+]1NN=C([O-])N1C(C)(C)C. The van der Waals surface area contributed by atoms with Gasteiger partial charge in [-0.25, -0.2) is 0 Å². The predicted octanol–water partition coefficient (Wildman–Crippen LogP) is -2.33. The summed E-state index contributed by atoms with van der Waals surface area (Å²) in [5, 5.41) is 17.1. The van der Waals surface area contributed by atoms with E-state index in [1.165, 1.54) is 0 Å². The van der Waals surface area contributed by atoms with Crippen LogP contribution in [0.5, 0.6) is 0 Å². The molecule has 5 heteroatoms. The average molecular weight is 158 g/mol. The minimum Gasteiger partial charge on any atom is -0.841 e. The van der Waals surface area contributed by atoms with E-state index in [-0.39, 0.29) is 11.6 Å². The molecule has 0 aromatic rings. The van der Waals surface area contributed by atoms with E-state index in [9.17, 15) is 5.11 Å². The molecule has 1 atom stereocenters. The maximum atomic E-state index is 11.1. The quantitative estimate of drug-likeness (QED) is 0.415. The van der Waals surface area contributed by atoms with Crippen LogP contribution in [-0.4, -0.2) is 23.6 Å². The van der Waals surface area contributed by atoms with Crippen molar-refractivity contribution < 1.29 is 10.2 Å². The molecule has 0 fully saturated rings. The van der Waals surface area contributed by atoms with Crippen LogP contribution in [0.2, 0.25) is 0 Å². The van der Waals surface area contributed by atoms with Gasteiger partial charge in [0.25, 0.3) is 0 Å². The molecule has 64 valence electrons. The highest BCUT2D eigenvalue weighted by atomic mass is 16.3. The molecule has 0 saturated heterocycles. The van der Waals surface area contributed by atoms with Crippen LogP contribution in [0.4, 0.5) is 0 Å². The monoisotopic (exact) mass is 158 g/mol. The van der Waals surface area contributed by atoms with Gasteiger partial charge in [0.1, 0.15) is 13.1 Å². The highest BCUT2D eigenvalue weighted by Gasteiger charge is 2.31. The Kier molecular flexibility index (Phi) is 1.67. The maximum Gasteiger partial charge on any atom is 0.137 e. The van der Waals surface area contributed by atoms with Crippen LogP contribution >= 0.6 is 0 Å². The van der Waals surface area contributed by atoms with Crippen molar-refractivity contribution in [1.29, 1.82) is 0 Å². The van der Waals surface area contributed by atoms with Crippen molar-refractivity contribution >= 4 is 6.02 Å². The summed E-state index contributed by atoms with van der Waals surface area (Å²) in [6, 6.07) is -0.213. The van der Waals surface area contributed by atoms with Gasteiger partial charge in [-0.3, -0.25) is 0 Å². The summed E-state index contributed by atoms with van der Waals surface area (Å²) in [6.07, 6.45) is 0. The molecule has 1 unspecified atom stereocenters. The van der Waals surface area contributed by atoms with Crippen LogP contribution in [0.1, 0.15) is 20.8 Å². The van der Waals surface area contributed by atoms with Gasteiger partial charge in [0.15, 0.2) is 0 Å². The number of nitrogens with zero attached hydrogens (tertiary/aromatic N) is 2. The Morgan fingerprint density at radius 3 is 2.27 bits per heavy atom. The fourth-order valence-corrected chi connectivity index (χ4v) is 1.16. The van der Waals surface area contributed by atoms with Crippen LogP contribution in [0, 0.1) is 0 Å². The Morgan fingerprint density at radius 1 is 1.55 bits per heavy atom. The third-order valence-corrected chi connectivity index (χ3v) is 1.51. The first-order valence-corrected chi connectivity index (χ1v) is 3.57. The number of rotatable bonds is 0. The second kappa shape index (κ2) is 2.27. The van der Waals surface area contributed by atoms with E-state index in [0.29, 0.717) is 0 Å². The van der Waals surface area contributed by atoms with Gasteiger partial charge < -0.3 is 5.11 Å². The number of quaternary nitrogens is 1. The number of hydrogen-bond acceptors (Lipinski definition) is 4. The maximum absolute atomic E-state index is 11.1. The zero-order valence-corrected chi connectivity index (χ0v) is 7.30.